The molecule has 1 aromatic carbocycles. The normalized spacial score (nSPS) is 24.4. The number of halogens is 2. The second kappa shape index (κ2) is 9.49. The lowest BCUT2D eigenvalue weighted by molar-refractivity contribution is -0.128. The van der Waals surface area contributed by atoms with Crippen LogP contribution in [-0.2, 0) is 14.8 Å². The van der Waals surface area contributed by atoms with Crippen molar-refractivity contribution < 1.29 is 22.7 Å². The summed E-state index contributed by atoms with van der Waals surface area (Å²) >= 11 is 0. The Morgan fingerprint density at radius 1 is 1.25 bits per heavy atom. The van der Waals surface area contributed by atoms with Gasteiger partial charge in [0, 0.05) is 25.6 Å². The van der Waals surface area contributed by atoms with Crippen LogP contribution in [0.5, 0.6) is 0 Å². The number of sulfonamides is 1. The number of carbonyl (C=O) groups excluding carboxylic acids is 1. The number of aliphatic hydroxyl groups is 1. The molecule has 0 bridgehead atoms. The summed E-state index contributed by atoms with van der Waals surface area (Å²) in [5.41, 5.74) is -1.25. The quantitative estimate of drug-likeness (QED) is 0.531. The van der Waals surface area contributed by atoms with E-state index in [1.54, 1.807) is 0 Å². The molecule has 7 nitrogen and oxygen atoms in total. The number of amides is 1. The Hall–Kier alpha value is -1.26. The van der Waals surface area contributed by atoms with Crippen molar-refractivity contribution in [1.29, 1.82) is 0 Å². The molecule has 2 atom stereocenters. The van der Waals surface area contributed by atoms with E-state index in [4.69, 9.17) is 0 Å². The Labute approximate surface area is 170 Å². The van der Waals surface area contributed by atoms with Crippen LogP contribution in [0.4, 0.5) is 4.39 Å². The lowest BCUT2D eigenvalue weighted by Crippen LogP contribution is -2.60. The molecule has 2 fully saturated rings. The van der Waals surface area contributed by atoms with Gasteiger partial charge >= 0.3 is 0 Å². The molecule has 1 aliphatic carbocycles. The molecule has 2 aliphatic rings. The Morgan fingerprint density at radius 3 is 2.57 bits per heavy atom. The zero-order valence-electron chi connectivity index (χ0n) is 15.5. The number of hydrogen-bond acceptors (Lipinski definition) is 5. The van der Waals surface area contributed by atoms with Crippen LogP contribution in [0.2, 0.25) is 0 Å². The number of carbonyl (C=O) groups is 1. The molecule has 0 radical (unpaired) electrons. The SMILES string of the molecule is Cl.O=C(NCC1CNCC1O)C1(NS(=O)(=O)c2cccc(F)c2)CCCCC1. The van der Waals surface area contributed by atoms with Crippen LogP contribution in [-0.4, -0.2) is 50.7 Å². The predicted octanol–water partition coefficient (Wildman–Crippen LogP) is 0.925. The first kappa shape index (κ1) is 23.0. The van der Waals surface area contributed by atoms with Gasteiger partial charge in [-0.1, -0.05) is 25.3 Å². The molecular weight excluding hydrogens is 409 g/mol. The molecular formula is C18H27ClFN3O4S. The summed E-state index contributed by atoms with van der Waals surface area (Å²) in [5.74, 6) is -1.14. The first-order valence-electron chi connectivity index (χ1n) is 9.29. The molecule has 4 N–H and O–H groups in total. The summed E-state index contributed by atoms with van der Waals surface area (Å²) in [4.78, 5) is 12.7. The van der Waals surface area contributed by atoms with Crippen LogP contribution in [0.25, 0.3) is 0 Å². The molecule has 10 heteroatoms. The molecule has 1 aromatic rings. The molecule has 158 valence electrons. The first-order valence-corrected chi connectivity index (χ1v) is 10.8. The third-order valence-electron chi connectivity index (χ3n) is 5.41. The van der Waals surface area contributed by atoms with Crippen molar-refractivity contribution in [2.45, 2.75) is 48.6 Å². The first-order chi connectivity index (χ1) is 12.8. The van der Waals surface area contributed by atoms with Gasteiger partial charge in [-0.05, 0) is 31.0 Å². The van der Waals surface area contributed by atoms with Crippen molar-refractivity contribution >= 4 is 28.3 Å². The second-order valence-corrected chi connectivity index (χ2v) is 9.08. The maximum absolute atomic E-state index is 13.5. The zero-order valence-corrected chi connectivity index (χ0v) is 17.1. The van der Waals surface area contributed by atoms with Crippen molar-refractivity contribution in [3.63, 3.8) is 0 Å². The van der Waals surface area contributed by atoms with Gasteiger partial charge in [-0.2, -0.15) is 4.72 Å². The number of nitrogens with one attached hydrogen (secondary N) is 3. The highest BCUT2D eigenvalue weighted by molar-refractivity contribution is 7.89. The van der Waals surface area contributed by atoms with E-state index in [-0.39, 0.29) is 35.7 Å². The van der Waals surface area contributed by atoms with Crippen LogP contribution in [0, 0.1) is 11.7 Å². The van der Waals surface area contributed by atoms with Gasteiger partial charge in [-0.25, -0.2) is 12.8 Å². The van der Waals surface area contributed by atoms with Crippen molar-refractivity contribution in [2.24, 2.45) is 5.92 Å². The van der Waals surface area contributed by atoms with Gasteiger partial charge in [0.15, 0.2) is 0 Å². The average molecular weight is 436 g/mol. The maximum atomic E-state index is 13.5. The number of rotatable bonds is 6. The van der Waals surface area contributed by atoms with Crippen LogP contribution in [0.1, 0.15) is 32.1 Å². The summed E-state index contributed by atoms with van der Waals surface area (Å²) < 4.78 is 41.5. The minimum absolute atomic E-state index is 0. The van der Waals surface area contributed by atoms with Gasteiger partial charge in [0.05, 0.1) is 11.0 Å². The van der Waals surface area contributed by atoms with Gasteiger partial charge in [-0.3, -0.25) is 4.79 Å². The molecule has 1 saturated carbocycles. The van der Waals surface area contributed by atoms with E-state index in [0.29, 0.717) is 25.9 Å². The van der Waals surface area contributed by atoms with Crippen molar-refractivity contribution in [3.8, 4) is 0 Å². The standard InChI is InChI=1S/C18H26FN3O4S.ClH/c19-14-5-4-6-15(9-14)27(25,26)22-18(7-2-1-3-8-18)17(24)21-11-13-10-20-12-16(13)23;/h4-6,9,13,16,20,22-23H,1-3,7-8,10-12H2,(H,21,24);1H. The van der Waals surface area contributed by atoms with Crippen LogP contribution >= 0.6 is 12.4 Å². The van der Waals surface area contributed by atoms with E-state index in [1.807, 2.05) is 0 Å². The maximum Gasteiger partial charge on any atom is 0.241 e. The Balaban J connectivity index is 0.00000280. The smallest absolute Gasteiger partial charge is 0.241 e. The van der Waals surface area contributed by atoms with Crippen LogP contribution < -0.4 is 15.4 Å². The topological polar surface area (TPSA) is 108 Å². The monoisotopic (exact) mass is 435 g/mol. The minimum Gasteiger partial charge on any atom is -0.391 e. The van der Waals surface area contributed by atoms with Gasteiger partial charge in [0.1, 0.15) is 11.4 Å². The largest absolute Gasteiger partial charge is 0.391 e. The minimum atomic E-state index is -4.05. The van der Waals surface area contributed by atoms with Crippen molar-refractivity contribution in [2.75, 3.05) is 19.6 Å². The second-order valence-electron chi connectivity index (χ2n) is 7.40. The van der Waals surface area contributed by atoms with E-state index >= 15 is 0 Å². The fourth-order valence-corrected chi connectivity index (χ4v) is 5.26. The molecule has 0 spiro atoms. The summed E-state index contributed by atoms with van der Waals surface area (Å²) in [5, 5.41) is 15.7. The van der Waals surface area contributed by atoms with E-state index in [9.17, 15) is 22.7 Å². The van der Waals surface area contributed by atoms with Crippen molar-refractivity contribution in [1.82, 2.24) is 15.4 Å². The third-order valence-corrected chi connectivity index (χ3v) is 6.94. The number of hydrogen-bond donors (Lipinski definition) is 4. The lowest BCUT2D eigenvalue weighted by atomic mass is 9.81. The number of aliphatic hydroxyl groups excluding tert-OH is 1. The molecule has 1 saturated heterocycles. The number of β-amino-alcohol motifs (C(OH)–C–C–N with tert-alkyl or cyclic N) is 1. The summed E-state index contributed by atoms with van der Waals surface area (Å²) in [6.07, 6.45) is 2.63. The predicted molar refractivity (Wildman–Crippen MR) is 105 cm³/mol. The van der Waals surface area contributed by atoms with E-state index in [1.165, 1.54) is 18.2 Å². The average Bonchev–Trinajstić information content (AvgIpc) is 3.05. The van der Waals surface area contributed by atoms with Gasteiger partial charge in [0.2, 0.25) is 15.9 Å². The summed E-state index contributed by atoms with van der Waals surface area (Å²) in [7, 11) is -4.05. The van der Waals surface area contributed by atoms with Crippen LogP contribution in [0.3, 0.4) is 0 Å². The van der Waals surface area contributed by atoms with Crippen molar-refractivity contribution in [3.05, 3.63) is 30.1 Å². The summed E-state index contributed by atoms with van der Waals surface area (Å²) in [6, 6.07) is 4.74. The highest BCUT2D eigenvalue weighted by Crippen LogP contribution is 2.30. The lowest BCUT2D eigenvalue weighted by Gasteiger charge is -2.36. The molecule has 1 amide bonds. The molecule has 28 heavy (non-hydrogen) atoms. The number of benzene rings is 1. The highest BCUT2D eigenvalue weighted by atomic mass is 35.5. The zero-order chi connectivity index (χ0) is 19.5. The third kappa shape index (κ3) is 5.21. The molecule has 0 aromatic heterocycles. The molecule has 3 rings (SSSR count). The van der Waals surface area contributed by atoms with Gasteiger partial charge in [0.25, 0.3) is 0 Å². The Bertz CT molecular complexity index is 787. The van der Waals surface area contributed by atoms with Gasteiger partial charge < -0.3 is 15.7 Å². The Morgan fingerprint density at radius 2 is 1.96 bits per heavy atom. The molecule has 1 heterocycles. The highest BCUT2D eigenvalue weighted by Gasteiger charge is 2.43. The fourth-order valence-electron chi connectivity index (χ4n) is 3.80. The molecule has 1 aliphatic heterocycles. The Kier molecular flexibility index (Phi) is 7.81. The molecule has 2 unspecified atom stereocenters. The summed E-state index contributed by atoms with van der Waals surface area (Å²) in [6.45, 7) is 1.36. The van der Waals surface area contributed by atoms with E-state index in [2.05, 4.69) is 15.4 Å². The van der Waals surface area contributed by atoms with Crippen LogP contribution in [0.15, 0.2) is 29.2 Å². The van der Waals surface area contributed by atoms with E-state index in [0.717, 1.165) is 25.3 Å². The van der Waals surface area contributed by atoms with E-state index < -0.39 is 27.5 Å². The van der Waals surface area contributed by atoms with Gasteiger partial charge in [-0.15, -0.1) is 12.4 Å². The fraction of sp³-hybridized carbons (Fsp3) is 0.611.